The monoisotopic (exact) mass is 341 g/mol. The molecule has 0 atom stereocenters. The first-order chi connectivity index (χ1) is 11.3. The minimum Gasteiger partial charge on any atom is -0.475 e. The average molecular weight is 341 g/mol. The Balaban J connectivity index is 0.000000209. The summed E-state index contributed by atoms with van der Waals surface area (Å²) < 4.78 is 34.0. The van der Waals surface area contributed by atoms with Crippen LogP contribution >= 0.6 is 0 Å². The van der Waals surface area contributed by atoms with E-state index in [4.69, 9.17) is 15.6 Å². The summed E-state index contributed by atoms with van der Waals surface area (Å²) in [5.41, 5.74) is 8.91. The third-order valence-corrected chi connectivity index (χ3v) is 3.90. The number of H-pyrrole nitrogens is 1. The van der Waals surface area contributed by atoms with E-state index in [1.807, 2.05) is 18.7 Å². The molecule has 1 aliphatic rings. The first kappa shape index (κ1) is 16.2. The molecule has 3 aromatic rings. The fourth-order valence-corrected chi connectivity index (χ4v) is 2.67. The predicted molar refractivity (Wildman–Crippen MR) is 79.3 cm³/mol. The fraction of sp³-hybridized carbons (Fsp3) is 0.357. The Morgan fingerprint density at radius 1 is 1.38 bits per heavy atom. The molecule has 24 heavy (non-hydrogen) atoms. The van der Waals surface area contributed by atoms with E-state index < -0.39 is 12.1 Å². The van der Waals surface area contributed by atoms with Crippen molar-refractivity contribution in [1.29, 1.82) is 0 Å². The number of hydrogen-bond donors (Lipinski definition) is 3. The smallest absolute Gasteiger partial charge is 0.475 e. The van der Waals surface area contributed by atoms with Crippen molar-refractivity contribution in [2.75, 3.05) is 0 Å². The Morgan fingerprint density at radius 3 is 2.62 bits per heavy atom. The lowest BCUT2D eigenvalue weighted by atomic mass is 9.87. The normalized spacial score (nSPS) is 20.5. The van der Waals surface area contributed by atoms with E-state index in [0.717, 1.165) is 29.4 Å². The number of nitrogens with one attached hydrogen (secondary N) is 1. The number of nitrogens with zero attached hydrogens (tertiary/aromatic N) is 3. The minimum atomic E-state index is -5.08. The third kappa shape index (κ3) is 2.92. The van der Waals surface area contributed by atoms with Crippen molar-refractivity contribution in [3.63, 3.8) is 0 Å². The molecule has 1 aliphatic carbocycles. The van der Waals surface area contributed by atoms with Gasteiger partial charge in [-0.1, -0.05) is 0 Å². The van der Waals surface area contributed by atoms with Gasteiger partial charge in [-0.25, -0.2) is 14.8 Å². The second kappa shape index (κ2) is 5.78. The molecule has 0 bridgehead atoms. The molecule has 1 fully saturated rings. The van der Waals surface area contributed by atoms with E-state index in [1.54, 1.807) is 0 Å². The van der Waals surface area contributed by atoms with Gasteiger partial charge in [0.25, 0.3) is 0 Å². The number of carboxylic acid groups (broad SMARTS) is 1. The first-order valence-corrected chi connectivity index (χ1v) is 7.11. The Labute approximate surface area is 133 Å². The van der Waals surface area contributed by atoms with Gasteiger partial charge in [0.05, 0.1) is 18.0 Å². The summed E-state index contributed by atoms with van der Waals surface area (Å²) in [6, 6.07) is 2.90. The van der Waals surface area contributed by atoms with Gasteiger partial charge in [0.2, 0.25) is 0 Å². The third-order valence-electron chi connectivity index (χ3n) is 3.90. The number of nitrogens with two attached hydrogens (primary N) is 1. The zero-order chi connectivity index (χ0) is 17.5. The number of aliphatic carboxylic acids is 1. The van der Waals surface area contributed by atoms with Crippen LogP contribution in [0.5, 0.6) is 0 Å². The van der Waals surface area contributed by atoms with E-state index in [-0.39, 0.29) is 0 Å². The maximum Gasteiger partial charge on any atom is 0.490 e. The van der Waals surface area contributed by atoms with Crippen molar-refractivity contribution in [1.82, 2.24) is 19.5 Å². The first-order valence-electron chi connectivity index (χ1n) is 7.11. The van der Waals surface area contributed by atoms with E-state index >= 15 is 0 Å². The highest BCUT2D eigenvalue weighted by atomic mass is 19.4. The topological polar surface area (TPSA) is 110 Å². The van der Waals surface area contributed by atoms with E-state index in [1.165, 1.54) is 5.52 Å². The van der Waals surface area contributed by atoms with E-state index in [2.05, 4.69) is 25.6 Å². The van der Waals surface area contributed by atoms with Crippen molar-refractivity contribution in [3.05, 3.63) is 24.8 Å². The number of fused-ring (bicyclic) bond motifs is 3. The number of aromatic nitrogens is 4. The van der Waals surface area contributed by atoms with Crippen molar-refractivity contribution in [3.8, 4) is 0 Å². The van der Waals surface area contributed by atoms with Gasteiger partial charge in [0, 0.05) is 23.7 Å². The molecule has 3 aromatic heterocycles. The van der Waals surface area contributed by atoms with Gasteiger partial charge < -0.3 is 20.4 Å². The zero-order valence-electron chi connectivity index (χ0n) is 12.3. The van der Waals surface area contributed by atoms with Gasteiger partial charge in [-0.2, -0.15) is 13.2 Å². The van der Waals surface area contributed by atoms with Crippen LogP contribution in [0.1, 0.15) is 18.9 Å². The molecule has 0 amide bonds. The van der Waals surface area contributed by atoms with E-state index in [9.17, 15) is 13.2 Å². The average Bonchev–Trinajstić information content (AvgIpc) is 3.09. The summed E-state index contributed by atoms with van der Waals surface area (Å²) in [5.74, 6) is -2.76. The van der Waals surface area contributed by atoms with Crippen molar-refractivity contribution in [2.45, 2.75) is 31.1 Å². The largest absolute Gasteiger partial charge is 0.490 e. The van der Waals surface area contributed by atoms with Crippen LogP contribution in [0, 0.1) is 0 Å². The van der Waals surface area contributed by atoms with Crippen LogP contribution in [-0.4, -0.2) is 42.8 Å². The molecule has 0 aliphatic heterocycles. The standard InChI is InChI=1S/C12H13N5.C2HF3O2/c13-7-3-8(4-7)17-6-16-10-5-15-12-9(11(10)17)1-2-14-12;3-2(4,5)1(6)7/h1-2,5-8H,3-4,13H2,(H,14,15);(H,6,7)/t7-,8-;. The zero-order valence-corrected chi connectivity index (χ0v) is 12.3. The number of rotatable bonds is 1. The van der Waals surface area contributed by atoms with Gasteiger partial charge in [-0.3, -0.25) is 0 Å². The molecule has 3 heterocycles. The second-order valence-electron chi connectivity index (χ2n) is 5.57. The SMILES string of the molecule is N[C@H]1C[C@H](n2cnc3cnc4[nH]ccc4c32)C1.O=C(O)C(F)(F)F. The van der Waals surface area contributed by atoms with Crippen molar-refractivity contribution >= 4 is 28.0 Å². The number of aromatic amines is 1. The molecule has 4 rings (SSSR count). The molecule has 0 unspecified atom stereocenters. The van der Waals surface area contributed by atoms with Gasteiger partial charge in [0.1, 0.15) is 11.2 Å². The molecule has 10 heteroatoms. The summed E-state index contributed by atoms with van der Waals surface area (Å²) in [6.07, 6.45) is 2.65. The lowest BCUT2D eigenvalue weighted by Gasteiger charge is -2.33. The number of halogens is 3. The Hall–Kier alpha value is -2.62. The molecule has 4 N–H and O–H groups in total. The number of carbonyl (C=O) groups is 1. The van der Waals surface area contributed by atoms with Crippen molar-refractivity contribution in [2.24, 2.45) is 5.73 Å². The van der Waals surface area contributed by atoms with Crippen molar-refractivity contribution < 1.29 is 23.1 Å². The summed E-state index contributed by atoms with van der Waals surface area (Å²) in [7, 11) is 0. The lowest BCUT2D eigenvalue weighted by molar-refractivity contribution is -0.192. The highest BCUT2D eigenvalue weighted by Gasteiger charge is 2.38. The van der Waals surface area contributed by atoms with Crippen LogP contribution < -0.4 is 5.73 Å². The molecule has 0 spiro atoms. The van der Waals surface area contributed by atoms with Gasteiger partial charge >= 0.3 is 12.1 Å². The molecule has 1 saturated carbocycles. The maximum atomic E-state index is 10.6. The lowest BCUT2D eigenvalue weighted by Crippen LogP contribution is -2.37. The summed E-state index contributed by atoms with van der Waals surface area (Å²) in [4.78, 5) is 20.8. The molecule has 0 radical (unpaired) electrons. The number of pyridine rings is 1. The number of hydrogen-bond acceptors (Lipinski definition) is 4. The van der Waals surface area contributed by atoms with Gasteiger partial charge in [0.15, 0.2) is 0 Å². The minimum absolute atomic E-state index is 0.348. The highest BCUT2D eigenvalue weighted by Crippen LogP contribution is 2.34. The van der Waals surface area contributed by atoms with Crippen LogP contribution in [0.15, 0.2) is 24.8 Å². The molecular formula is C14H14F3N5O2. The van der Waals surface area contributed by atoms with Crippen LogP contribution in [0.25, 0.3) is 22.1 Å². The number of alkyl halides is 3. The van der Waals surface area contributed by atoms with Crippen LogP contribution in [-0.2, 0) is 4.79 Å². The summed E-state index contributed by atoms with van der Waals surface area (Å²) >= 11 is 0. The van der Waals surface area contributed by atoms with Gasteiger partial charge in [-0.15, -0.1) is 0 Å². The molecule has 128 valence electrons. The van der Waals surface area contributed by atoms with Crippen LogP contribution in [0.3, 0.4) is 0 Å². The van der Waals surface area contributed by atoms with Crippen LogP contribution in [0.2, 0.25) is 0 Å². The molecule has 0 saturated heterocycles. The Morgan fingerprint density at radius 2 is 2.04 bits per heavy atom. The Bertz CT molecular complexity index is 879. The highest BCUT2D eigenvalue weighted by molar-refractivity contribution is 6.00. The molecular weight excluding hydrogens is 327 g/mol. The van der Waals surface area contributed by atoms with Gasteiger partial charge in [-0.05, 0) is 18.9 Å². The second-order valence-corrected chi connectivity index (χ2v) is 5.57. The summed E-state index contributed by atoms with van der Waals surface area (Å²) in [6.45, 7) is 0. The molecule has 0 aromatic carbocycles. The predicted octanol–water partition coefficient (Wildman–Crippen LogP) is 2.21. The molecule has 7 nitrogen and oxygen atoms in total. The summed E-state index contributed by atoms with van der Waals surface area (Å²) in [5, 5.41) is 8.26. The Kier molecular flexibility index (Phi) is 3.91. The van der Waals surface area contributed by atoms with E-state index in [0.29, 0.717) is 12.1 Å². The maximum absolute atomic E-state index is 10.6. The van der Waals surface area contributed by atoms with Crippen LogP contribution in [0.4, 0.5) is 13.2 Å². The number of imidazole rings is 1. The quantitative estimate of drug-likeness (QED) is 0.628. The fourth-order valence-electron chi connectivity index (χ4n) is 2.67. The number of carboxylic acids is 1.